The first-order valence-electron chi connectivity index (χ1n) is 23.5. The van der Waals surface area contributed by atoms with Gasteiger partial charge in [0, 0.05) is 75.4 Å². The Kier molecular flexibility index (Phi) is 19.0. The van der Waals surface area contributed by atoms with Crippen LogP contribution in [0.15, 0.2) is 78.9 Å². The maximum atomic E-state index is 14.2. The number of ether oxygens (including phenoxy) is 1. The van der Waals surface area contributed by atoms with Gasteiger partial charge < -0.3 is 24.2 Å². The first-order valence-corrected chi connectivity index (χ1v) is 29.4. The molecule has 0 aliphatic heterocycles. The Morgan fingerprint density at radius 3 is 1.87 bits per heavy atom. The summed E-state index contributed by atoms with van der Waals surface area (Å²) in [5, 5.41) is 6.34. The minimum Gasteiger partial charge on any atom is -0.447 e. The van der Waals surface area contributed by atoms with Crippen LogP contribution < -0.4 is 5.32 Å². The number of carbonyl (C=O) groups is 4. The number of Topliss-reactive ketones (excluding diaryl/α,β-unsaturated/α-hetero) is 2. The summed E-state index contributed by atoms with van der Waals surface area (Å²) in [6.45, 7) is 18.8. The highest BCUT2D eigenvalue weighted by molar-refractivity contribution is 6.73. The Hall–Kier alpha value is -5.03. The van der Waals surface area contributed by atoms with Crippen molar-refractivity contribution in [2.75, 3.05) is 27.2 Å². The van der Waals surface area contributed by atoms with Gasteiger partial charge in [-0.25, -0.2) is 14.8 Å². The molecule has 364 valence electrons. The highest BCUT2D eigenvalue weighted by atomic mass is 28.4. The van der Waals surface area contributed by atoms with Gasteiger partial charge in [-0.2, -0.15) is 9.59 Å². The number of aromatic nitrogens is 1. The molecule has 2 amide bonds. The van der Waals surface area contributed by atoms with Gasteiger partial charge in [-0.3, -0.25) is 14.4 Å². The van der Waals surface area contributed by atoms with Crippen molar-refractivity contribution in [3.05, 3.63) is 95.7 Å². The molecule has 15 heteroatoms. The second-order valence-electron chi connectivity index (χ2n) is 20.5. The first kappa shape index (κ1) is 54.6. The smallest absolute Gasteiger partial charge is 0.424 e. The summed E-state index contributed by atoms with van der Waals surface area (Å²) in [5.74, 6) is -1.48. The summed E-state index contributed by atoms with van der Waals surface area (Å²) in [5.41, 5.74) is 6.61. The average molecular weight is 955 g/mol. The quantitative estimate of drug-likeness (QED) is 0.0369. The van der Waals surface area contributed by atoms with Crippen LogP contribution in [-0.2, 0) is 41.8 Å². The number of rotatable bonds is 23. The van der Waals surface area contributed by atoms with Crippen LogP contribution in [0.5, 0.6) is 0 Å². The number of fused-ring (bicyclic) bond motifs is 4. The van der Waals surface area contributed by atoms with Crippen LogP contribution in [0.3, 0.4) is 0 Å². The number of hydrogen-bond acceptors (Lipinski definition) is 10. The zero-order valence-electron chi connectivity index (χ0n) is 41.6. The third kappa shape index (κ3) is 13.8. The summed E-state index contributed by atoms with van der Waals surface area (Å²) >= 11 is 0. The zero-order valence-corrected chi connectivity index (χ0v) is 43.6. The van der Waals surface area contributed by atoms with Crippen molar-refractivity contribution >= 4 is 57.3 Å². The van der Waals surface area contributed by atoms with Gasteiger partial charge in [0.2, 0.25) is 5.91 Å². The van der Waals surface area contributed by atoms with Crippen LogP contribution in [-0.4, -0.2) is 97.8 Å². The lowest BCUT2D eigenvalue weighted by Crippen LogP contribution is -2.48. The largest absolute Gasteiger partial charge is 0.447 e. The van der Waals surface area contributed by atoms with E-state index < -0.39 is 44.6 Å². The molecule has 0 fully saturated rings. The van der Waals surface area contributed by atoms with E-state index >= 15 is 0 Å². The van der Waals surface area contributed by atoms with E-state index in [1.165, 1.54) is 16.1 Å². The SMILES string of the molecule is CCCC(=O)[C@@H](CC(C)(C)[Si](C)(C)O)[C@@H](CC(C)(C)[Si](C)(C)O)C(=O)NCCCC(=O)CCn1c(CN(C)N(C)C(=O)OCC2c3ccccc3-c3ccccc32)cc2ccccc21.O=C=O. The molecular weight excluding hydrogens is 881 g/mol. The molecule has 13 nitrogen and oxygen atoms in total. The van der Waals surface area contributed by atoms with Crippen LogP contribution in [0.1, 0.15) is 102 Å². The summed E-state index contributed by atoms with van der Waals surface area (Å²) < 4.78 is 8.08. The van der Waals surface area contributed by atoms with E-state index in [-0.39, 0.29) is 49.1 Å². The second-order valence-corrected chi connectivity index (χ2v) is 29.4. The Morgan fingerprint density at radius 1 is 0.791 bits per heavy atom. The Morgan fingerprint density at radius 2 is 1.31 bits per heavy atom. The van der Waals surface area contributed by atoms with Gasteiger partial charge in [-0.05, 0) is 102 Å². The van der Waals surface area contributed by atoms with E-state index in [2.05, 4.69) is 40.2 Å². The van der Waals surface area contributed by atoms with E-state index in [0.717, 1.165) is 27.7 Å². The maximum Gasteiger partial charge on any atom is 0.424 e. The molecule has 1 heterocycles. The number of nitrogens with zero attached hydrogens (tertiary/aromatic N) is 3. The lowest BCUT2D eigenvalue weighted by molar-refractivity contribution is -0.191. The number of hydrazine groups is 1. The number of carbonyl (C=O) groups excluding carboxylic acids is 6. The fraction of sp³-hybridized carbons (Fsp3) is 0.519. The fourth-order valence-electron chi connectivity index (χ4n) is 8.75. The van der Waals surface area contributed by atoms with Crippen LogP contribution >= 0.6 is 0 Å². The van der Waals surface area contributed by atoms with Crippen LogP contribution in [0.25, 0.3) is 22.0 Å². The van der Waals surface area contributed by atoms with Gasteiger partial charge in [0.25, 0.3) is 0 Å². The van der Waals surface area contributed by atoms with Crippen LogP contribution in [0, 0.1) is 11.8 Å². The molecule has 2 atom stereocenters. The van der Waals surface area contributed by atoms with Crippen molar-refractivity contribution < 1.29 is 43.1 Å². The number of nitrogens with one attached hydrogen (secondary N) is 1. The minimum atomic E-state index is -2.75. The number of hydrogen-bond donors (Lipinski definition) is 3. The number of benzene rings is 3. The van der Waals surface area contributed by atoms with Gasteiger partial charge in [0.1, 0.15) is 18.2 Å². The van der Waals surface area contributed by atoms with Gasteiger partial charge in [-0.15, -0.1) is 0 Å². The first-order chi connectivity index (χ1) is 31.4. The molecular formula is C52H74N4O9Si2. The molecule has 1 aliphatic rings. The lowest BCUT2D eigenvalue weighted by Gasteiger charge is -2.42. The number of aryl methyl sites for hydroxylation is 1. The number of ketones is 2. The summed E-state index contributed by atoms with van der Waals surface area (Å²) in [6.07, 6.45) is 2.56. The summed E-state index contributed by atoms with van der Waals surface area (Å²) in [7, 11) is -1.91. The predicted octanol–water partition coefficient (Wildman–Crippen LogP) is 9.48. The van der Waals surface area contributed by atoms with Crippen molar-refractivity contribution in [2.24, 2.45) is 11.8 Å². The van der Waals surface area contributed by atoms with Crippen molar-refractivity contribution in [3.63, 3.8) is 0 Å². The second kappa shape index (κ2) is 23.3. The standard InChI is InChI=1S/C51H74N4O7Si2.CO2/c1-12-20-47(57)43(32-50(2,3)63(8,9)60)44(33-51(4,5)64(10,11)61)48(58)52-29-19-22-38(56)28-30-55-37(31-36-21-13-18-27-46(36)55)34-53(6)54(7)49(59)62-35-45-41-25-16-14-23-39(41)40-24-15-17-26-42(40)45;2-1-3/h13-18,21,23-27,31,43-45,60-61H,12,19-20,22,28-30,32-35H2,1-11H3,(H,52,58);/t43-,44+;/m0./s1. The molecule has 5 rings (SSSR count). The Bertz CT molecular complexity index is 2330. The highest BCUT2D eigenvalue weighted by Gasteiger charge is 2.48. The molecule has 0 saturated heterocycles. The van der Waals surface area contributed by atoms with Crippen molar-refractivity contribution in [1.82, 2.24) is 19.9 Å². The van der Waals surface area contributed by atoms with Gasteiger partial charge in [-0.1, -0.05) is 101 Å². The van der Waals surface area contributed by atoms with E-state index in [1.54, 1.807) is 7.05 Å². The molecule has 0 spiro atoms. The maximum absolute atomic E-state index is 14.2. The fourth-order valence-corrected chi connectivity index (χ4v) is 10.2. The molecule has 1 aliphatic carbocycles. The molecule has 4 aromatic rings. The minimum absolute atomic E-state index is 0.0179. The molecule has 0 saturated carbocycles. The van der Waals surface area contributed by atoms with Gasteiger partial charge in [0.05, 0.1) is 6.54 Å². The summed E-state index contributed by atoms with van der Waals surface area (Å²) in [4.78, 5) is 93.6. The zero-order chi connectivity index (χ0) is 49.9. The average Bonchev–Trinajstić information content (AvgIpc) is 3.78. The highest BCUT2D eigenvalue weighted by Crippen LogP contribution is 2.49. The number of para-hydroxylation sites is 1. The van der Waals surface area contributed by atoms with Crippen molar-refractivity contribution in [1.29, 1.82) is 0 Å². The normalized spacial score (nSPS) is 13.8. The topological polar surface area (TPSA) is 176 Å². The molecule has 3 N–H and O–H groups in total. The van der Waals surface area contributed by atoms with E-state index in [4.69, 9.17) is 14.3 Å². The number of amides is 2. The lowest BCUT2D eigenvalue weighted by atomic mass is 9.76. The Balaban J connectivity index is 0.00000318. The van der Waals surface area contributed by atoms with Gasteiger partial charge in [0.15, 0.2) is 16.6 Å². The molecule has 3 aromatic carbocycles. The summed E-state index contributed by atoms with van der Waals surface area (Å²) in [6, 6.07) is 26.7. The van der Waals surface area contributed by atoms with Crippen molar-refractivity contribution in [3.8, 4) is 11.1 Å². The van der Waals surface area contributed by atoms with E-state index in [1.807, 2.05) is 121 Å². The predicted molar refractivity (Wildman–Crippen MR) is 267 cm³/mol. The third-order valence-electron chi connectivity index (χ3n) is 14.5. The molecule has 0 bridgehead atoms. The van der Waals surface area contributed by atoms with E-state index in [9.17, 15) is 28.8 Å². The van der Waals surface area contributed by atoms with Crippen LogP contribution in [0.4, 0.5) is 4.79 Å². The third-order valence-corrected chi connectivity index (χ3v) is 21.5. The molecule has 1 aromatic heterocycles. The molecule has 67 heavy (non-hydrogen) atoms. The molecule has 0 unspecified atom stereocenters. The van der Waals surface area contributed by atoms with E-state index in [0.29, 0.717) is 51.6 Å². The monoisotopic (exact) mass is 954 g/mol. The van der Waals surface area contributed by atoms with Gasteiger partial charge >= 0.3 is 12.2 Å². The Labute approximate surface area is 399 Å². The van der Waals surface area contributed by atoms with Crippen LogP contribution in [0.2, 0.25) is 36.3 Å². The van der Waals surface area contributed by atoms with Crippen molar-refractivity contribution in [2.45, 2.75) is 135 Å². The molecule has 0 radical (unpaired) electrons.